The summed E-state index contributed by atoms with van der Waals surface area (Å²) in [5.41, 5.74) is 8.37. The molecule has 3 rings (SSSR count). The fourth-order valence-corrected chi connectivity index (χ4v) is 3.38. The second-order valence-electron chi connectivity index (χ2n) is 6.82. The lowest BCUT2D eigenvalue weighted by Gasteiger charge is -2.36. The number of piperidine rings is 1. The summed E-state index contributed by atoms with van der Waals surface area (Å²) in [4.78, 5) is 6.73. The number of benzene rings is 1. The van der Waals surface area contributed by atoms with Crippen molar-refractivity contribution < 1.29 is 4.39 Å². The molecule has 0 radical (unpaired) electrons. The Kier molecular flexibility index (Phi) is 4.43. The van der Waals surface area contributed by atoms with Crippen LogP contribution in [0.15, 0.2) is 12.1 Å². The molecule has 2 heterocycles. The summed E-state index contributed by atoms with van der Waals surface area (Å²) in [6, 6.07) is 3.47. The SMILES string of the molecule is CC1CCN(c2cc(N3CCN(C)CC3)c(F)cc2N)CC1. The predicted octanol–water partition coefficient (Wildman–Crippen LogP) is 2.40. The van der Waals surface area contributed by atoms with E-state index in [1.165, 1.54) is 18.9 Å². The maximum absolute atomic E-state index is 14.4. The van der Waals surface area contributed by atoms with Gasteiger partial charge in [0.25, 0.3) is 0 Å². The minimum Gasteiger partial charge on any atom is -0.397 e. The van der Waals surface area contributed by atoms with Gasteiger partial charge in [0.2, 0.25) is 0 Å². The minimum atomic E-state index is -0.198. The third-order valence-electron chi connectivity index (χ3n) is 5.06. The largest absolute Gasteiger partial charge is 0.397 e. The molecule has 0 saturated carbocycles. The Morgan fingerprint density at radius 1 is 0.955 bits per heavy atom. The molecule has 0 aromatic heterocycles. The van der Waals surface area contributed by atoms with Crippen molar-refractivity contribution in [2.45, 2.75) is 19.8 Å². The lowest BCUT2D eigenvalue weighted by molar-refractivity contribution is 0.311. The fourth-order valence-electron chi connectivity index (χ4n) is 3.38. The third kappa shape index (κ3) is 3.14. The number of rotatable bonds is 2. The molecule has 5 heteroatoms. The molecular weight excluding hydrogens is 279 g/mol. The van der Waals surface area contributed by atoms with Crippen LogP contribution in [0.5, 0.6) is 0 Å². The summed E-state index contributed by atoms with van der Waals surface area (Å²) in [5.74, 6) is 0.575. The van der Waals surface area contributed by atoms with Crippen LogP contribution in [-0.2, 0) is 0 Å². The highest BCUT2D eigenvalue weighted by Crippen LogP contribution is 2.34. The molecule has 2 fully saturated rings. The summed E-state index contributed by atoms with van der Waals surface area (Å²) < 4.78 is 14.4. The highest BCUT2D eigenvalue weighted by molar-refractivity contribution is 5.74. The summed E-state index contributed by atoms with van der Waals surface area (Å²) in [7, 11) is 2.11. The Hall–Kier alpha value is -1.49. The van der Waals surface area contributed by atoms with Gasteiger partial charge in [0.1, 0.15) is 5.82 Å². The molecule has 122 valence electrons. The zero-order valence-corrected chi connectivity index (χ0v) is 13.7. The van der Waals surface area contributed by atoms with Crippen molar-refractivity contribution >= 4 is 17.1 Å². The highest BCUT2D eigenvalue weighted by atomic mass is 19.1. The Morgan fingerprint density at radius 2 is 1.55 bits per heavy atom. The zero-order valence-electron chi connectivity index (χ0n) is 13.7. The molecule has 0 bridgehead atoms. The predicted molar refractivity (Wildman–Crippen MR) is 91.1 cm³/mol. The Balaban J connectivity index is 1.83. The first-order valence-corrected chi connectivity index (χ1v) is 8.32. The molecule has 2 aliphatic rings. The van der Waals surface area contributed by atoms with Crippen LogP contribution in [0.25, 0.3) is 0 Å². The van der Waals surface area contributed by atoms with Crippen LogP contribution in [0.1, 0.15) is 19.8 Å². The Morgan fingerprint density at radius 3 is 2.18 bits per heavy atom. The van der Waals surface area contributed by atoms with Crippen LogP contribution in [-0.4, -0.2) is 51.2 Å². The third-order valence-corrected chi connectivity index (χ3v) is 5.06. The second kappa shape index (κ2) is 6.32. The molecule has 4 nitrogen and oxygen atoms in total. The van der Waals surface area contributed by atoms with Gasteiger partial charge in [0.15, 0.2) is 0 Å². The van der Waals surface area contributed by atoms with Gasteiger partial charge in [-0.3, -0.25) is 0 Å². The van der Waals surface area contributed by atoms with Crippen LogP contribution in [0.2, 0.25) is 0 Å². The van der Waals surface area contributed by atoms with E-state index in [0.717, 1.165) is 50.9 Å². The molecule has 0 atom stereocenters. The van der Waals surface area contributed by atoms with Gasteiger partial charge < -0.3 is 20.4 Å². The molecule has 1 aromatic rings. The van der Waals surface area contributed by atoms with Gasteiger partial charge in [0.05, 0.1) is 17.1 Å². The smallest absolute Gasteiger partial charge is 0.148 e. The molecule has 0 unspecified atom stereocenters. The molecule has 2 saturated heterocycles. The molecule has 0 aliphatic carbocycles. The van der Waals surface area contributed by atoms with Crippen molar-refractivity contribution in [1.82, 2.24) is 4.90 Å². The first kappa shape index (κ1) is 15.4. The topological polar surface area (TPSA) is 35.7 Å². The number of piperazine rings is 1. The van der Waals surface area contributed by atoms with Crippen LogP contribution < -0.4 is 15.5 Å². The lowest BCUT2D eigenvalue weighted by atomic mass is 9.98. The molecule has 22 heavy (non-hydrogen) atoms. The molecule has 1 aromatic carbocycles. The molecule has 0 amide bonds. The zero-order chi connectivity index (χ0) is 15.7. The van der Waals surface area contributed by atoms with E-state index in [2.05, 4.69) is 28.7 Å². The summed E-state index contributed by atoms with van der Waals surface area (Å²) in [6.07, 6.45) is 2.36. The van der Waals surface area contributed by atoms with E-state index < -0.39 is 0 Å². The van der Waals surface area contributed by atoms with Crippen LogP contribution >= 0.6 is 0 Å². The number of nitrogens with two attached hydrogens (primary N) is 1. The van der Waals surface area contributed by atoms with Gasteiger partial charge in [-0.15, -0.1) is 0 Å². The number of nitrogen functional groups attached to an aromatic ring is 1. The molecule has 2 aliphatic heterocycles. The Bertz CT molecular complexity index is 474. The van der Waals surface area contributed by atoms with E-state index in [4.69, 9.17) is 5.73 Å². The van der Waals surface area contributed by atoms with Crippen LogP contribution in [0, 0.1) is 11.7 Å². The van der Waals surface area contributed by atoms with Gasteiger partial charge in [-0.25, -0.2) is 4.39 Å². The van der Waals surface area contributed by atoms with Crippen molar-refractivity contribution in [2.75, 3.05) is 61.8 Å². The standard InChI is InChI=1S/C17H27FN4/c1-13-3-5-21(6-4-13)17-12-16(14(18)11-15(17)19)22-9-7-20(2)8-10-22/h11-13H,3-10,19H2,1-2H3. The van der Waals surface area contributed by atoms with Gasteiger partial charge >= 0.3 is 0 Å². The number of hydrogen-bond acceptors (Lipinski definition) is 4. The normalized spacial score (nSPS) is 21.4. The van der Waals surface area contributed by atoms with E-state index >= 15 is 0 Å². The summed E-state index contributed by atoms with van der Waals surface area (Å²) in [5, 5.41) is 0. The van der Waals surface area contributed by atoms with E-state index in [1.807, 2.05) is 6.07 Å². The van der Waals surface area contributed by atoms with Crippen molar-refractivity contribution in [1.29, 1.82) is 0 Å². The van der Waals surface area contributed by atoms with E-state index in [1.54, 1.807) is 0 Å². The first-order chi connectivity index (χ1) is 10.5. The highest BCUT2D eigenvalue weighted by Gasteiger charge is 2.22. The maximum Gasteiger partial charge on any atom is 0.148 e. The summed E-state index contributed by atoms with van der Waals surface area (Å²) in [6.45, 7) is 8.00. The number of anilines is 3. The average molecular weight is 306 g/mol. The lowest BCUT2D eigenvalue weighted by Crippen LogP contribution is -2.45. The minimum absolute atomic E-state index is 0.198. The monoisotopic (exact) mass is 306 g/mol. The quantitative estimate of drug-likeness (QED) is 0.851. The fraction of sp³-hybridized carbons (Fsp3) is 0.647. The molecule has 0 spiro atoms. The van der Waals surface area contributed by atoms with E-state index in [0.29, 0.717) is 11.4 Å². The number of hydrogen-bond donors (Lipinski definition) is 1. The van der Waals surface area contributed by atoms with Gasteiger partial charge in [-0.05, 0) is 31.9 Å². The molecule has 2 N–H and O–H groups in total. The maximum atomic E-state index is 14.4. The van der Waals surface area contributed by atoms with Crippen LogP contribution in [0.4, 0.5) is 21.5 Å². The van der Waals surface area contributed by atoms with Crippen molar-refractivity contribution in [3.63, 3.8) is 0 Å². The number of halogens is 1. The van der Waals surface area contributed by atoms with E-state index in [-0.39, 0.29) is 5.82 Å². The van der Waals surface area contributed by atoms with Crippen molar-refractivity contribution in [2.24, 2.45) is 5.92 Å². The number of nitrogens with zero attached hydrogens (tertiary/aromatic N) is 3. The Labute approximate surface area is 132 Å². The van der Waals surface area contributed by atoms with Crippen LogP contribution in [0.3, 0.4) is 0 Å². The van der Waals surface area contributed by atoms with Gasteiger partial charge in [-0.2, -0.15) is 0 Å². The second-order valence-corrected chi connectivity index (χ2v) is 6.82. The average Bonchev–Trinajstić information content (AvgIpc) is 2.50. The van der Waals surface area contributed by atoms with Crippen molar-refractivity contribution in [3.8, 4) is 0 Å². The van der Waals surface area contributed by atoms with Crippen molar-refractivity contribution in [3.05, 3.63) is 17.9 Å². The molecular formula is C17H27FN4. The van der Waals surface area contributed by atoms with Gasteiger partial charge in [0, 0.05) is 45.3 Å². The first-order valence-electron chi connectivity index (χ1n) is 8.32. The van der Waals surface area contributed by atoms with Gasteiger partial charge in [-0.1, -0.05) is 6.92 Å². The van der Waals surface area contributed by atoms with E-state index in [9.17, 15) is 4.39 Å². The number of likely N-dealkylation sites (N-methyl/N-ethyl adjacent to an activating group) is 1. The summed E-state index contributed by atoms with van der Waals surface area (Å²) >= 11 is 0.